The Morgan fingerprint density at radius 3 is 3.06 bits per heavy atom. The first-order valence-corrected chi connectivity index (χ1v) is 5.47. The standard InChI is InChI=1S/C9H10FIN2O3/c1-5(16-9(12)14)4-15-8-7(10)6(11)2-3-13-8/h2-3,5H,4H2,1H3,(H2,12,14). The third kappa shape index (κ3) is 3.80. The summed E-state index contributed by atoms with van der Waals surface area (Å²) >= 11 is 1.83. The quantitative estimate of drug-likeness (QED) is 0.847. The van der Waals surface area contributed by atoms with Crippen molar-refractivity contribution in [1.82, 2.24) is 4.98 Å². The lowest BCUT2D eigenvalue weighted by Crippen LogP contribution is -2.25. The second-order valence-corrected chi connectivity index (χ2v) is 4.13. The largest absolute Gasteiger partial charge is 0.472 e. The smallest absolute Gasteiger partial charge is 0.404 e. The van der Waals surface area contributed by atoms with Gasteiger partial charge in [-0.25, -0.2) is 9.78 Å². The van der Waals surface area contributed by atoms with Gasteiger partial charge in [0, 0.05) is 6.20 Å². The number of amides is 1. The molecule has 1 rings (SSSR count). The number of rotatable bonds is 4. The molecule has 0 fully saturated rings. The highest BCUT2D eigenvalue weighted by molar-refractivity contribution is 14.1. The van der Waals surface area contributed by atoms with E-state index in [4.69, 9.17) is 10.5 Å². The first-order valence-electron chi connectivity index (χ1n) is 4.39. The average Bonchev–Trinajstić information content (AvgIpc) is 2.19. The molecule has 1 aromatic rings. The Kier molecular flexibility index (Phi) is 4.71. The number of hydrogen-bond donors (Lipinski definition) is 1. The second-order valence-electron chi connectivity index (χ2n) is 2.97. The van der Waals surface area contributed by atoms with E-state index in [0.717, 1.165) is 0 Å². The van der Waals surface area contributed by atoms with E-state index in [2.05, 4.69) is 9.72 Å². The van der Waals surface area contributed by atoms with Gasteiger partial charge in [0.05, 0.1) is 3.57 Å². The molecule has 7 heteroatoms. The van der Waals surface area contributed by atoms with E-state index in [1.165, 1.54) is 12.3 Å². The fourth-order valence-electron chi connectivity index (χ4n) is 0.932. The van der Waals surface area contributed by atoms with Crippen molar-refractivity contribution >= 4 is 28.7 Å². The van der Waals surface area contributed by atoms with Crippen LogP contribution in [-0.4, -0.2) is 23.8 Å². The second kappa shape index (κ2) is 5.83. The molecule has 88 valence electrons. The molecule has 0 bridgehead atoms. The molecule has 5 nitrogen and oxygen atoms in total. The molecule has 1 atom stereocenters. The summed E-state index contributed by atoms with van der Waals surface area (Å²) in [5, 5.41) is 0. The van der Waals surface area contributed by atoms with Crippen LogP contribution in [-0.2, 0) is 4.74 Å². The molecule has 0 saturated carbocycles. The molecule has 0 aliphatic carbocycles. The van der Waals surface area contributed by atoms with Crippen LogP contribution in [0, 0.1) is 9.39 Å². The normalized spacial score (nSPS) is 11.9. The fraction of sp³-hybridized carbons (Fsp3) is 0.333. The number of carbonyl (C=O) groups is 1. The Hall–Kier alpha value is -1.12. The molecule has 1 amide bonds. The topological polar surface area (TPSA) is 74.4 Å². The number of halogens is 2. The molecule has 0 saturated heterocycles. The third-order valence-electron chi connectivity index (χ3n) is 1.58. The molecule has 16 heavy (non-hydrogen) atoms. The monoisotopic (exact) mass is 340 g/mol. The molecular weight excluding hydrogens is 330 g/mol. The Morgan fingerprint density at radius 1 is 1.75 bits per heavy atom. The van der Waals surface area contributed by atoms with Gasteiger partial charge in [-0.15, -0.1) is 0 Å². The minimum absolute atomic E-state index is 0.00699. The summed E-state index contributed by atoms with van der Waals surface area (Å²) in [6, 6.07) is 1.52. The zero-order chi connectivity index (χ0) is 12.1. The highest BCUT2D eigenvalue weighted by Crippen LogP contribution is 2.18. The van der Waals surface area contributed by atoms with Crippen molar-refractivity contribution in [2.75, 3.05) is 6.61 Å². The van der Waals surface area contributed by atoms with Crippen LogP contribution < -0.4 is 10.5 Å². The molecule has 1 unspecified atom stereocenters. The molecule has 1 heterocycles. The average molecular weight is 340 g/mol. The van der Waals surface area contributed by atoms with Crippen LogP contribution in [0.3, 0.4) is 0 Å². The summed E-state index contributed by atoms with van der Waals surface area (Å²) in [5.41, 5.74) is 4.81. The first kappa shape index (κ1) is 12.9. The highest BCUT2D eigenvalue weighted by Gasteiger charge is 2.12. The molecule has 0 radical (unpaired) electrons. The number of primary amides is 1. The van der Waals surface area contributed by atoms with Gasteiger partial charge in [-0.1, -0.05) is 0 Å². The van der Waals surface area contributed by atoms with Crippen molar-refractivity contribution in [3.63, 3.8) is 0 Å². The zero-order valence-corrected chi connectivity index (χ0v) is 10.6. The van der Waals surface area contributed by atoms with Crippen molar-refractivity contribution in [1.29, 1.82) is 0 Å². The van der Waals surface area contributed by atoms with Crippen LogP contribution >= 0.6 is 22.6 Å². The van der Waals surface area contributed by atoms with Crippen LogP contribution in [0.15, 0.2) is 12.3 Å². The van der Waals surface area contributed by atoms with E-state index in [-0.39, 0.29) is 12.5 Å². The number of nitrogens with two attached hydrogens (primary N) is 1. The van der Waals surface area contributed by atoms with Crippen LogP contribution in [0.25, 0.3) is 0 Å². The number of hydrogen-bond acceptors (Lipinski definition) is 4. The molecule has 0 aliphatic rings. The van der Waals surface area contributed by atoms with Crippen LogP contribution in [0.4, 0.5) is 9.18 Å². The van der Waals surface area contributed by atoms with Crippen molar-refractivity contribution in [2.45, 2.75) is 13.0 Å². The zero-order valence-electron chi connectivity index (χ0n) is 8.44. The molecule has 2 N–H and O–H groups in total. The lowest BCUT2D eigenvalue weighted by Gasteiger charge is -2.12. The first-order chi connectivity index (χ1) is 7.50. The Bertz CT molecular complexity index is 389. The van der Waals surface area contributed by atoms with E-state index in [0.29, 0.717) is 3.57 Å². The van der Waals surface area contributed by atoms with Crippen LogP contribution in [0.1, 0.15) is 6.92 Å². The van der Waals surface area contributed by atoms with E-state index in [9.17, 15) is 9.18 Å². The van der Waals surface area contributed by atoms with Crippen molar-refractivity contribution in [3.05, 3.63) is 21.7 Å². The van der Waals surface area contributed by atoms with Crippen molar-refractivity contribution in [3.8, 4) is 5.88 Å². The Balaban J connectivity index is 2.54. The lowest BCUT2D eigenvalue weighted by atomic mass is 10.4. The minimum Gasteiger partial charge on any atom is -0.472 e. The number of nitrogens with zero attached hydrogens (tertiary/aromatic N) is 1. The van der Waals surface area contributed by atoms with Crippen LogP contribution in [0.5, 0.6) is 5.88 Å². The van der Waals surface area contributed by atoms with Crippen molar-refractivity contribution in [2.24, 2.45) is 5.73 Å². The highest BCUT2D eigenvalue weighted by atomic mass is 127. The summed E-state index contributed by atoms with van der Waals surface area (Å²) in [5.74, 6) is -0.652. The van der Waals surface area contributed by atoms with Crippen molar-refractivity contribution < 1.29 is 18.7 Å². The number of aromatic nitrogens is 1. The number of pyridine rings is 1. The van der Waals surface area contributed by atoms with E-state index < -0.39 is 18.0 Å². The summed E-state index contributed by atoms with van der Waals surface area (Å²) in [6.45, 7) is 1.57. The summed E-state index contributed by atoms with van der Waals surface area (Å²) in [4.78, 5) is 14.1. The summed E-state index contributed by atoms with van der Waals surface area (Å²) < 4.78 is 23.5. The SMILES string of the molecule is CC(COc1nccc(I)c1F)OC(N)=O. The molecule has 0 aromatic carbocycles. The lowest BCUT2D eigenvalue weighted by molar-refractivity contribution is 0.0793. The summed E-state index contributed by atoms with van der Waals surface area (Å²) in [7, 11) is 0. The molecular formula is C9H10FIN2O3. The third-order valence-corrected chi connectivity index (χ3v) is 2.42. The maximum Gasteiger partial charge on any atom is 0.404 e. The summed E-state index contributed by atoms with van der Waals surface area (Å²) in [6.07, 6.45) is -0.0245. The Morgan fingerprint density at radius 2 is 2.44 bits per heavy atom. The van der Waals surface area contributed by atoms with Gasteiger partial charge >= 0.3 is 6.09 Å². The molecule has 0 aliphatic heterocycles. The van der Waals surface area contributed by atoms with Gasteiger partial charge in [0.15, 0.2) is 5.82 Å². The number of ether oxygens (including phenoxy) is 2. The van der Waals surface area contributed by atoms with Gasteiger partial charge < -0.3 is 15.2 Å². The minimum atomic E-state index is -0.896. The van der Waals surface area contributed by atoms with Gasteiger partial charge in [-0.2, -0.15) is 4.39 Å². The predicted octanol–water partition coefficient (Wildman–Crippen LogP) is 1.69. The van der Waals surface area contributed by atoms with E-state index in [1.54, 1.807) is 6.92 Å². The number of carbonyl (C=O) groups excluding carboxylic acids is 1. The maximum atomic E-state index is 13.4. The fourth-order valence-corrected chi connectivity index (χ4v) is 1.32. The molecule has 0 spiro atoms. The van der Waals surface area contributed by atoms with Gasteiger partial charge in [-0.3, -0.25) is 0 Å². The van der Waals surface area contributed by atoms with Crippen LogP contribution in [0.2, 0.25) is 0 Å². The predicted molar refractivity (Wildman–Crippen MR) is 62.5 cm³/mol. The van der Waals surface area contributed by atoms with Gasteiger partial charge in [0.1, 0.15) is 12.7 Å². The van der Waals surface area contributed by atoms with Gasteiger partial charge in [0.25, 0.3) is 5.88 Å². The maximum absolute atomic E-state index is 13.4. The van der Waals surface area contributed by atoms with E-state index >= 15 is 0 Å². The van der Waals surface area contributed by atoms with Gasteiger partial charge in [0.2, 0.25) is 0 Å². The Labute approximate surface area is 105 Å². The van der Waals surface area contributed by atoms with Gasteiger partial charge in [-0.05, 0) is 35.6 Å². The molecule has 1 aromatic heterocycles. The van der Waals surface area contributed by atoms with E-state index in [1.807, 2.05) is 22.6 Å².